The van der Waals surface area contributed by atoms with Gasteiger partial charge in [0, 0.05) is 42.4 Å². The molecule has 44 heavy (non-hydrogen) atoms. The maximum absolute atomic E-state index is 12.4. The number of amides is 1. The molecule has 1 atom stereocenters. The van der Waals surface area contributed by atoms with E-state index in [-0.39, 0.29) is 30.7 Å². The Bertz CT molecular complexity index is 1450. The third-order valence-corrected chi connectivity index (χ3v) is 7.29. The smallest absolute Gasteiger partial charge is 0.410 e. The van der Waals surface area contributed by atoms with E-state index in [2.05, 4.69) is 12.6 Å². The van der Waals surface area contributed by atoms with Crippen LogP contribution in [0.5, 0.6) is 11.5 Å². The monoisotopic (exact) mass is 612 g/mol. The van der Waals surface area contributed by atoms with E-state index in [1.54, 1.807) is 23.1 Å². The van der Waals surface area contributed by atoms with Crippen molar-refractivity contribution < 1.29 is 19.0 Å². The van der Waals surface area contributed by atoms with Gasteiger partial charge in [-0.25, -0.2) is 4.79 Å². The molecule has 1 aliphatic heterocycles. The number of nitrogen functional groups attached to an aromatic ring is 1. The normalized spacial score (nSPS) is 13.6. The number of carbonyl (C=O) groups excluding carboxylic acids is 1. The fourth-order valence-corrected chi connectivity index (χ4v) is 4.78. The van der Waals surface area contributed by atoms with Crippen LogP contribution in [0.15, 0.2) is 114 Å². The molecule has 0 saturated carbocycles. The van der Waals surface area contributed by atoms with E-state index in [1.165, 1.54) is 0 Å². The van der Waals surface area contributed by atoms with Crippen LogP contribution in [0.3, 0.4) is 0 Å². The van der Waals surface area contributed by atoms with E-state index in [9.17, 15) is 4.79 Å². The number of nitrogens with one attached hydrogen (secondary N) is 1. The Labute approximate surface area is 264 Å². The molecule has 1 fully saturated rings. The second kappa shape index (κ2) is 17.0. The first-order chi connectivity index (χ1) is 21.4. The van der Waals surface area contributed by atoms with Gasteiger partial charge in [-0.05, 0) is 53.9 Å². The standard InChI is InChI=1S/C29H34N4O4.C6H6S/c30-24(20-35-27-8-4-7-23(18-27)28(31)32)17-21-9-11-25(12-10-21)37-26-13-15-33(16-14-26)29(34)36-19-22-5-2-1-3-6-22;7-6-4-2-1-3-5-6/h1-12,18,24,26H,13-17,19-20,30H2,(H3,31,32);1-5,7H/t24-;/m0./s1. The number of thiol groups is 1. The predicted octanol–water partition coefficient (Wildman–Crippen LogP) is 6.07. The van der Waals surface area contributed by atoms with E-state index in [1.807, 2.05) is 91.0 Å². The van der Waals surface area contributed by atoms with Crippen molar-refractivity contribution in [2.45, 2.75) is 42.9 Å². The van der Waals surface area contributed by atoms with Crippen LogP contribution in [-0.2, 0) is 17.8 Å². The molecule has 0 unspecified atom stereocenters. The van der Waals surface area contributed by atoms with E-state index in [0.29, 0.717) is 37.4 Å². The van der Waals surface area contributed by atoms with Crippen LogP contribution < -0.4 is 20.9 Å². The lowest BCUT2D eigenvalue weighted by atomic mass is 10.1. The molecule has 1 saturated heterocycles. The number of nitrogens with two attached hydrogens (primary N) is 2. The summed E-state index contributed by atoms with van der Waals surface area (Å²) in [5.41, 5.74) is 14.5. The van der Waals surface area contributed by atoms with Gasteiger partial charge in [0.1, 0.15) is 36.7 Å². The van der Waals surface area contributed by atoms with Crippen molar-refractivity contribution in [3.8, 4) is 11.5 Å². The molecule has 4 aromatic carbocycles. The molecule has 0 aliphatic carbocycles. The fraction of sp³-hybridized carbons (Fsp3) is 0.257. The highest BCUT2D eigenvalue weighted by Gasteiger charge is 2.25. The van der Waals surface area contributed by atoms with Gasteiger partial charge in [-0.2, -0.15) is 0 Å². The van der Waals surface area contributed by atoms with Gasteiger partial charge in [-0.3, -0.25) is 5.41 Å². The first-order valence-electron chi connectivity index (χ1n) is 14.6. The summed E-state index contributed by atoms with van der Waals surface area (Å²) in [6, 6.07) is 34.4. The summed E-state index contributed by atoms with van der Waals surface area (Å²) in [4.78, 5) is 15.1. The van der Waals surface area contributed by atoms with Crippen LogP contribution in [0.2, 0.25) is 0 Å². The quantitative estimate of drug-likeness (QED) is 0.0979. The molecule has 0 bridgehead atoms. The van der Waals surface area contributed by atoms with Crippen molar-refractivity contribution in [1.82, 2.24) is 4.90 Å². The summed E-state index contributed by atoms with van der Waals surface area (Å²) in [6.07, 6.45) is 1.96. The van der Waals surface area contributed by atoms with Crippen LogP contribution >= 0.6 is 12.6 Å². The van der Waals surface area contributed by atoms with E-state index in [0.717, 1.165) is 34.6 Å². The van der Waals surface area contributed by atoms with Gasteiger partial charge in [-0.1, -0.05) is 72.8 Å². The second-order valence-corrected chi connectivity index (χ2v) is 11.1. The number of piperidine rings is 1. The van der Waals surface area contributed by atoms with Crippen molar-refractivity contribution in [2.75, 3.05) is 19.7 Å². The Balaban J connectivity index is 0.000000555. The number of carbonyl (C=O) groups is 1. The van der Waals surface area contributed by atoms with Gasteiger partial charge in [-0.15, -0.1) is 12.6 Å². The minimum Gasteiger partial charge on any atom is -0.492 e. The van der Waals surface area contributed by atoms with Gasteiger partial charge < -0.3 is 30.6 Å². The van der Waals surface area contributed by atoms with E-state index < -0.39 is 0 Å². The zero-order valence-corrected chi connectivity index (χ0v) is 25.6. The molecule has 5 rings (SSSR count). The molecule has 0 aromatic heterocycles. The molecule has 0 radical (unpaired) electrons. The van der Waals surface area contributed by atoms with Crippen molar-refractivity contribution in [1.29, 1.82) is 5.41 Å². The van der Waals surface area contributed by atoms with Gasteiger partial charge in [0.25, 0.3) is 0 Å². The Hall–Kier alpha value is -4.47. The summed E-state index contributed by atoms with van der Waals surface area (Å²) in [7, 11) is 0. The minimum absolute atomic E-state index is 0.00366. The maximum Gasteiger partial charge on any atom is 0.410 e. The van der Waals surface area contributed by atoms with Crippen molar-refractivity contribution in [3.05, 3.63) is 126 Å². The number of hydrogen-bond donors (Lipinski definition) is 4. The Morgan fingerprint density at radius 1 is 0.864 bits per heavy atom. The van der Waals surface area contributed by atoms with Crippen LogP contribution in [0.1, 0.15) is 29.5 Å². The van der Waals surface area contributed by atoms with Crippen LogP contribution in [0.4, 0.5) is 4.79 Å². The van der Waals surface area contributed by atoms with Gasteiger partial charge in [0.2, 0.25) is 0 Å². The molecule has 1 heterocycles. The van der Waals surface area contributed by atoms with Crippen LogP contribution in [0.25, 0.3) is 0 Å². The Kier molecular flexibility index (Phi) is 12.5. The molecule has 9 heteroatoms. The third-order valence-electron chi connectivity index (χ3n) is 6.99. The first-order valence-corrected chi connectivity index (χ1v) is 15.1. The fourth-order valence-electron chi connectivity index (χ4n) is 4.61. The summed E-state index contributed by atoms with van der Waals surface area (Å²) in [5, 5.41) is 7.53. The van der Waals surface area contributed by atoms with E-state index in [4.69, 9.17) is 31.1 Å². The number of likely N-dealkylation sites (tertiary alicyclic amines) is 1. The molecule has 5 N–H and O–H groups in total. The van der Waals surface area contributed by atoms with E-state index >= 15 is 0 Å². The highest BCUT2D eigenvalue weighted by Crippen LogP contribution is 2.21. The number of benzene rings is 4. The molecule has 1 amide bonds. The number of ether oxygens (including phenoxy) is 3. The summed E-state index contributed by atoms with van der Waals surface area (Å²) >= 11 is 4.08. The largest absolute Gasteiger partial charge is 0.492 e. The van der Waals surface area contributed by atoms with Gasteiger partial charge in [0.15, 0.2) is 0 Å². The lowest BCUT2D eigenvalue weighted by Gasteiger charge is -2.31. The first kappa shape index (κ1) is 32.4. The molecular weight excluding hydrogens is 572 g/mol. The molecule has 4 aromatic rings. The highest BCUT2D eigenvalue weighted by molar-refractivity contribution is 7.80. The average Bonchev–Trinajstić information content (AvgIpc) is 3.05. The lowest BCUT2D eigenvalue weighted by Crippen LogP contribution is -2.42. The lowest BCUT2D eigenvalue weighted by molar-refractivity contribution is 0.0638. The number of nitrogens with zero attached hydrogens (tertiary/aromatic N) is 1. The molecule has 8 nitrogen and oxygen atoms in total. The molecular formula is C35H40N4O4S. The maximum atomic E-state index is 12.4. The third kappa shape index (κ3) is 11.0. The van der Waals surface area contributed by atoms with Crippen LogP contribution in [0, 0.1) is 5.41 Å². The van der Waals surface area contributed by atoms with Crippen molar-refractivity contribution in [2.24, 2.45) is 11.5 Å². The highest BCUT2D eigenvalue weighted by atomic mass is 32.1. The van der Waals surface area contributed by atoms with Gasteiger partial charge in [0.05, 0.1) is 0 Å². The van der Waals surface area contributed by atoms with Gasteiger partial charge >= 0.3 is 6.09 Å². The summed E-state index contributed by atoms with van der Waals surface area (Å²) in [6.45, 7) is 1.86. The second-order valence-electron chi connectivity index (χ2n) is 10.5. The van der Waals surface area contributed by atoms with Crippen LogP contribution in [-0.4, -0.2) is 48.7 Å². The summed E-state index contributed by atoms with van der Waals surface area (Å²) < 4.78 is 17.4. The Morgan fingerprint density at radius 2 is 1.52 bits per heavy atom. The zero-order valence-electron chi connectivity index (χ0n) is 24.7. The van der Waals surface area contributed by atoms with Crippen molar-refractivity contribution >= 4 is 24.6 Å². The molecule has 0 spiro atoms. The SMILES string of the molecule is N=C(N)c1cccc(OC[C@@H](N)Cc2ccc(OC3CCN(C(=O)OCc4ccccc4)CC3)cc2)c1.Sc1ccccc1. The number of amidine groups is 1. The van der Waals surface area contributed by atoms with Crippen molar-refractivity contribution in [3.63, 3.8) is 0 Å². The topological polar surface area (TPSA) is 124 Å². The minimum atomic E-state index is -0.279. The number of rotatable bonds is 10. The molecule has 1 aliphatic rings. The predicted molar refractivity (Wildman–Crippen MR) is 177 cm³/mol. The summed E-state index contributed by atoms with van der Waals surface area (Å²) in [5.74, 6) is 1.45. The Morgan fingerprint density at radius 3 is 2.14 bits per heavy atom. The average molecular weight is 613 g/mol. The zero-order chi connectivity index (χ0) is 31.1. The molecule has 230 valence electrons. The number of hydrogen-bond acceptors (Lipinski definition) is 7.